The Morgan fingerprint density at radius 1 is 0.904 bits per heavy atom. The molecule has 1 atom stereocenters. The second-order valence-corrected chi connectivity index (χ2v) is 14.9. The number of nitriles is 1. The zero-order valence-corrected chi connectivity index (χ0v) is 30.9. The van der Waals surface area contributed by atoms with E-state index in [1.807, 2.05) is 30.3 Å². The topological polar surface area (TPSA) is 79.6 Å². The number of hydrogen-bond acceptors (Lipinski definition) is 7. The summed E-state index contributed by atoms with van der Waals surface area (Å²) in [6.07, 6.45) is 11.0. The lowest BCUT2D eigenvalue weighted by atomic mass is 9.96. The molecule has 4 aromatic rings. The van der Waals surface area contributed by atoms with Crippen LogP contribution in [0.15, 0.2) is 67.0 Å². The number of likely N-dealkylation sites (tertiary alicyclic amines) is 1. The standard InChI is InChI=1S/C42H45Cl2FN4O3/c43-37-21-30(26-48-32-6-1-2-7-32)40(51-27-29-20-28(23-46)24-47-25-29)22-41(37)52-38-13-12-34-33(8-3-9-35(34)38)36-10-4-11-39(42(36)44)50-19-5-16-49-17-14-31(45)15-18-49/h3-4,8-11,20-22,24-25,31-32,38,48H,1-2,5-7,12-19,26-27H2/t38-/m0/s1. The monoisotopic (exact) mass is 742 g/mol. The highest BCUT2D eigenvalue weighted by Crippen LogP contribution is 2.45. The summed E-state index contributed by atoms with van der Waals surface area (Å²) in [5, 5.41) is 14.1. The van der Waals surface area contributed by atoms with Crippen LogP contribution in [0.3, 0.4) is 0 Å². The zero-order valence-electron chi connectivity index (χ0n) is 29.4. The van der Waals surface area contributed by atoms with E-state index < -0.39 is 6.17 Å². The number of aromatic nitrogens is 1. The van der Waals surface area contributed by atoms with Crippen LogP contribution in [0, 0.1) is 11.3 Å². The minimum atomic E-state index is -0.662. The zero-order chi connectivity index (χ0) is 35.9. The summed E-state index contributed by atoms with van der Waals surface area (Å²) in [4.78, 5) is 6.49. The number of hydrogen-bond donors (Lipinski definition) is 1. The molecule has 7 rings (SSSR count). The van der Waals surface area contributed by atoms with Crippen LogP contribution in [-0.4, -0.2) is 48.3 Å². The van der Waals surface area contributed by atoms with E-state index in [4.69, 9.17) is 37.4 Å². The molecule has 1 N–H and O–H groups in total. The Morgan fingerprint density at radius 2 is 1.71 bits per heavy atom. The third-order valence-corrected chi connectivity index (χ3v) is 11.2. The lowest BCUT2D eigenvalue weighted by molar-refractivity contribution is 0.143. The fraction of sp³-hybridized carbons (Fsp3) is 0.429. The summed E-state index contributed by atoms with van der Waals surface area (Å²) in [6, 6.07) is 20.5. The maximum absolute atomic E-state index is 13.5. The minimum Gasteiger partial charge on any atom is -0.492 e. The van der Waals surface area contributed by atoms with Gasteiger partial charge in [-0.25, -0.2) is 4.39 Å². The molecule has 272 valence electrons. The van der Waals surface area contributed by atoms with Crippen LogP contribution < -0.4 is 19.5 Å². The summed E-state index contributed by atoms with van der Waals surface area (Å²) in [6.45, 7) is 3.95. The SMILES string of the molecule is N#Cc1cncc(COc2cc(O[C@H]3CCc4c(-c5cccc(OCCCN6CCC(F)CC6)c5Cl)cccc43)c(Cl)cc2CNC2CCCC2)c1. The van der Waals surface area contributed by atoms with E-state index in [0.29, 0.717) is 64.9 Å². The molecule has 0 unspecified atom stereocenters. The lowest BCUT2D eigenvalue weighted by Gasteiger charge is -2.28. The van der Waals surface area contributed by atoms with Gasteiger partial charge in [0.1, 0.15) is 42.2 Å². The molecule has 0 spiro atoms. The fourth-order valence-corrected chi connectivity index (χ4v) is 8.19. The summed E-state index contributed by atoms with van der Waals surface area (Å²) in [5.74, 6) is 1.92. The summed E-state index contributed by atoms with van der Waals surface area (Å²) < 4.78 is 32.7. The van der Waals surface area contributed by atoms with Gasteiger partial charge in [0, 0.05) is 67.4 Å². The molecule has 7 nitrogen and oxygen atoms in total. The minimum absolute atomic E-state index is 0.194. The largest absolute Gasteiger partial charge is 0.492 e. The van der Waals surface area contributed by atoms with Crippen molar-refractivity contribution in [2.45, 2.75) is 89.3 Å². The van der Waals surface area contributed by atoms with E-state index in [2.05, 4.69) is 39.5 Å². The number of alkyl halides is 1. The van der Waals surface area contributed by atoms with E-state index in [-0.39, 0.29) is 12.7 Å². The maximum atomic E-state index is 13.5. The number of piperidine rings is 1. The number of nitrogens with one attached hydrogen (secondary N) is 1. The van der Waals surface area contributed by atoms with Crippen LogP contribution in [0.4, 0.5) is 4.39 Å². The summed E-state index contributed by atoms with van der Waals surface area (Å²) in [5.41, 5.74) is 6.59. The highest BCUT2D eigenvalue weighted by Gasteiger charge is 2.29. The highest BCUT2D eigenvalue weighted by atomic mass is 35.5. The quantitative estimate of drug-likeness (QED) is 0.129. The third-order valence-electron chi connectivity index (χ3n) is 10.5. The van der Waals surface area contributed by atoms with E-state index >= 15 is 0 Å². The normalized spacial score (nSPS) is 17.9. The third kappa shape index (κ3) is 8.83. The van der Waals surface area contributed by atoms with Crippen LogP contribution in [0.1, 0.15) is 85.3 Å². The predicted molar refractivity (Wildman–Crippen MR) is 203 cm³/mol. The Labute approximate surface area is 316 Å². The van der Waals surface area contributed by atoms with Crippen molar-refractivity contribution in [2.24, 2.45) is 0 Å². The molecule has 2 heterocycles. The van der Waals surface area contributed by atoms with Gasteiger partial charge in [-0.3, -0.25) is 4.98 Å². The van der Waals surface area contributed by atoms with Crippen molar-refractivity contribution in [3.63, 3.8) is 0 Å². The second kappa shape index (κ2) is 17.3. The van der Waals surface area contributed by atoms with Crippen LogP contribution >= 0.6 is 23.2 Å². The van der Waals surface area contributed by atoms with Crippen LogP contribution in [0.25, 0.3) is 11.1 Å². The lowest BCUT2D eigenvalue weighted by Crippen LogP contribution is -2.35. The van der Waals surface area contributed by atoms with Crippen LogP contribution in [-0.2, 0) is 19.6 Å². The molecule has 0 bridgehead atoms. The first kappa shape index (κ1) is 36.5. The van der Waals surface area contributed by atoms with Gasteiger partial charge in [0.05, 0.1) is 22.2 Å². The molecular weight excluding hydrogens is 698 g/mol. The summed E-state index contributed by atoms with van der Waals surface area (Å²) >= 11 is 13.9. The average Bonchev–Trinajstić information content (AvgIpc) is 3.85. The van der Waals surface area contributed by atoms with Crippen molar-refractivity contribution in [3.05, 3.63) is 105 Å². The molecule has 2 fully saturated rings. The molecule has 1 aromatic heterocycles. The molecule has 52 heavy (non-hydrogen) atoms. The van der Waals surface area contributed by atoms with Crippen molar-refractivity contribution in [1.29, 1.82) is 5.26 Å². The first-order chi connectivity index (χ1) is 25.4. The number of halogens is 3. The van der Waals surface area contributed by atoms with Crippen molar-refractivity contribution >= 4 is 23.2 Å². The van der Waals surface area contributed by atoms with Crippen molar-refractivity contribution < 1.29 is 18.6 Å². The average molecular weight is 744 g/mol. The Hall–Kier alpha value is -3.87. The molecule has 3 aromatic carbocycles. The Balaban J connectivity index is 1.06. The number of fused-ring (bicyclic) bond motifs is 1. The number of ether oxygens (including phenoxy) is 3. The van der Waals surface area contributed by atoms with Gasteiger partial charge >= 0.3 is 0 Å². The van der Waals surface area contributed by atoms with E-state index in [1.165, 1.54) is 31.2 Å². The number of pyridine rings is 1. The van der Waals surface area contributed by atoms with Crippen LogP contribution in [0.2, 0.25) is 10.0 Å². The first-order valence-corrected chi connectivity index (χ1v) is 19.3. The maximum Gasteiger partial charge on any atom is 0.142 e. The molecule has 1 saturated carbocycles. The predicted octanol–water partition coefficient (Wildman–Crippen LogP) is 9.81. The van der Waals surface area contributed by atoms with Gasteiger partial charge in [0.25, 0.3) is 0 Å². The molecule has 1 saturated heterocycles. The van der Waals surface area contributed by atoms with Gasteiger partial charge in [-0.15, -0.1) is 0 Å². The smallest absolute Gasteiger partial charge is 0.142 e. The number of rotatable bonds is 14. The Morgan fingerprint density at radius 3 is 2.54 bits per heavy atom. The van der Waals surface area contributed by atoms with Crippen LogP contribution in [0.5, 0.6) is 17.2 Å². The molecular formula is C42H45Cl2FN4O3. The van der Waals surface area contributed by atoms with Gasteiger partial charge in [0.2, 0.25) is 0 Å². The molecule has 0 amide bonds. The van der Waals surface area contributed by atoms with E-state index in [9.17, 15) is 9.65 Å². The van der Waals surface area contributed by atoms with Gasteiger partial charge < -0.3 is 24.4 Å². The van der Waals surface area contributed by atoms with Gasteiger partial charge in [-0.2, -0.15) is 5.26 Å². The van der Waals surface area contributed by atoms with Gasteiger partial charge in [0.15, 0.2) is 0 Å². The first-order valence-electron chi connectivity index (χ1n) is 18.5. The van der Waals surface area contributed by atoms with E-state index in [0.717, 1.165) is 66.7 Å². The molecule has 10 heteroatoms. The fourth-order valence-electron chi connectivity index (χ4n) is 7.68. The second-order valence-electron chi connectivity index (χ2n) is 14.1. The van der Waals surface area contributed by atoms with E-state index in [1.54, 1.807) is 18.5 Å². The highest BCUT2D eigenvalue weighted by molar-refractivity contribution is 6.35. The van der Waals surface area contributed by atoms with Gasteiger partial charge in [-0.05, 0) is 79.8 Å². The Bertz CT molecular complexity index is 1890. The van der Waals surface area contributed by atoms with Gasteiger partial charge in [-0.1, -0.05) is 66.4 Å². The molecule has 2 aliphatic carbocycles. The molecule has 3 aliphatic rings. The number of nitrogens with zero attached hydrogens (tertiary/aromatic N) is 3. The molecule has 1 aliphatic heterocycles. The number of benzene rings is 3. The molecule has 0 radical (unpaired) electrons. The van der Waals surface area contributed by atoms with Crippen molar-refractivity contribution in [1.82, 2.24) is 15.2 Å². The summed E-state index contributed by atoms with van der Waals surface area (Å²) in [7, 11) is 0. The van der Waals surface area contributed by atoms with Crippen molar-refractivity contribution in [3.8, 4) is 34.4 Å². The van der Waals surface area contributed by atoms with Crippen molar-refractivity contribution in [2.75, 3.05) is 26.2 Å². The Kier molecular flexibility index (Phi) is 12.1.